The Balaban J connectivity index is 1.33. The lowest BCUT2D eigenvalue weighted by Gasteiger charge is -2.21. The van der Waals surface area contributed by atoms with Gasteiger partial charge in [-0.1, -0.05) is 18.2 Å². The summed E-state index contributed by atoms with van der Waals surface area (Å²) in [7, 11) is 0. The Morgan fingerprint density at radius 1 is 1.25 bits per heavy atom. The molecule has 10 nitrogen and oxygen atoms in total. The van der Waals surface area contributed by atoms with E-state index in [1.54, 1.807) is 11.8 Å². The van der Waals surface area contributed by atoms with Crippen molar-refractivity contribution in [2.45, 2.75) is 38.8 Å². The van der Waals surface area contributed by atoms with E-state index in [1.165, 1.54) is 22.8 Å². The van der Waals surface area contributed by atoms with E-state index in [-0.39, 0.29) is 36.6 Å². The maximum absolute atomic E-state index is 12.7. The number of aromatic nitrogens is 1. The SMILES string of the molecule is CC(OC(=O)CCCn1c(=O)oc2cc([N+](=O)[O-])ccc21)C(=O)N1CCc2ccccc21. The fraction of sp³-hybridized carbons (Fsp3) is 0.318. The first-order chi connectivity index (χ1) is 15.3. The van der Waals surface area contributed by atoms with Crippen molar-refractivity contribution in [2.75, 3.05) is 11.4 Å². The van der Waals surface area contributed by atoms with Crippen LogP contribution in [0.3, 0.4) is 0 Å². The normalized spacial score (nSPS) is 13.7. The van der Waals surface area contributed by atoms with Crippen molar-refractivity contribution in [3.8, 4) is 0 Å². The zero-order valence-corrected chi connectivity index (χ0v) is 17.4. The number of hydrogen-bond acceptors (Lipinski definition) is 7. The second-order valence-corrected chi connectivity index (χ2v) is 7.53. The van der Waals surface area contributed by atoms with Gasteiger partial charge in [0.15, 0.2) is 11.7 Å². The summed E-state index contributed by atoms with van der Waals surface area (Å²) in [5, 5.41) is 10.9. The lowest BCUT2D eigenvalue weighted by molar-refractivity contribution is -0.384. The molecule has 0 saturated heterocycles. The van der Waals surface area contributed by atoms with Gasteiger partial charge < -0.3 is 14.1 Å². The molecule has 1 aliphatic rings. The Hall–Kier alpha value is -3.95. The Morgan fingerprint density at radius 2 is 2.03 bits per heavy atom. The smallest absolute Gasteiger partial charge is 0.419 e. The van der Waals surface area contributed by atoms with E-state index < -0.39 is 22.8 Å². The monoisotopic (exact) mass is 439 g/mol. The van der Waals surface area contributed by atoms with Crippen molar-refractivity contribution in [3.05, 3.63) is 68.7 Å². The van der Waals surface area contributed by atoms with Crippen molar-refractivity contribution in [3.63, 3.8) is 0 Å². The number of aryl methyl sites for hydroxylation is 1. The largest absolute Gasteiger partial charge is 0.453 e. The van der Waals surface area contributed by atoms with Crippen molar-refractivity contribution in [2.24, 2.45) is 0 Å². The van der Waals surface area contributed by atoms with Gasteiger partial charge in [-0.2, -0.15) is 0 Å². The number of nitrogens with zero attached hydrogens (tertiary/aromatic N) is 3. The molecule has 1 aromatic heterocycles. The highest BCUT2D eigenvalue weighted by molar-refractivity contribution is 5.99. The van der Waals surface area contributed by atoms with E-state index in [0.717, 1.165) is 17.7 Å². The number of nitro groups is 1. The van der Waals surface area contributed by atoms with Crippen molar-refractivity contribution in [1.29, 1.82) is 0 Å². The highest BCUT2D eigenvalue weighted by Gasteiger charge is 2.29. The van der Waals surface area contributed by atoms with Crippen LogP contribution < -0.4 is 10.7 Å². The van der Waals surface area contributed by atoms with Crippen LogP contribution in [-0.2, 0) is 27.3 Å². The molecule has 0 aliphatic carbocycles. The third-order valence-electron chi connectivity index (χ3n) is 5.43. The molecule has 1 amide bonds. The molecule has 10 heteroatoms. The van der Waals surface area contributed by atoms with E-state index in [9.17, 15) is 24.5 Å². The standard InChI is InChI=1S/C22H21N3O7/c1-14(21(27)23-12-10-15-5-2-3-6-17(15)23)31-20(26)7-4-11-24-18-9-8-16(25(29)30)13-19(18)32-22(24)28/h2-3,5-6,8-9,13-14H,4,7,10-12H2,1H3. The molecule has 1 unspecified atom stereocenters. The minimum absolute atomic E-state index is 0.000299. The highest BCUT2D eigenvalue weighted by Crippen LogP contribution is 2.28. The van der Waals surface area contributed by atoms with Gasteiger partial charge in [0.05, 0.1) is 16.5 Å². The second kappa shape index (κ2) is 8.66. The van der Waals surface area contributed by atoms with E-state index in [0.29, 0.717) is 12.1 Å². The molecule has 4 rings (SSSR count). The number of amides is 1. The Kier molecular flexibility index (Phi) is 5.76. The number of non-ortho nitro benzene ring substituents is 1. The molecule has 1 atom stereocenters. The van der Waals surface area contributed by atoms with Crippen LogP contribution in [-0.4, -0.2) is 34.0 Å². The quantitative estimate of drug-likeness (QED) is 0.315. The molecule has 0 radical (unpaired) electrons. The number of benzene rings is 2. The van der Waals surface area contributed by atoms with Crippen molar-refractivity contribution < 1.29 is 23.7 Å². The molecule has 3 aromatic rings. The van der Waals surface area contributed by atoms with Gasteiger partial charge in [0.1, 0.15) is 0 Å². The van der Waals surface area contributed by atoms with Crippen LogP contribution in [0, 0.1) is 10.1 Å². The minimum Gasteiger partial charge on any atom is -0.453 e. The maximum Gasteiger partial charge on any atom is 0.419 e. The van der Waals surface area contributed by atoms with Gasteiger partial charge in [-0.05, 0) is 37.5 Å². The first-order valence-corrected chi connectivity index (χ1v) is 10.2. The van der Waals surface area contributed by atoms with Crippen molar-refractivity contribution >= 4 is 34.4 Å². The number of anilines is 1. The van der Waals surface area contributed by atoms with Crippen LogP contribution in [0.25, 0.3) is 11.1 Å². The number of ether oxygens (including phenoxy) is 1. The molecule has 0 N–H and O–H groups in total. The molecule has 0 fully saturated rings. The highest BCUT2D eigenvalue weighted by atomic mass is 16.6. The van der Waals surface area contributed by atoms with E-state index in [2.05, 4.69) is 0 Å². The third kappa shape index (κ3) is 4.11. The topological polar surface area (TPSA) is 125 Å². The number of para-hydroxylation sites is 1. The number of carbonyl (C=O) groups excluding carboxylic acids is 2. The third-order valence-corrected chi connectivity index (χ3v) is 5.43. The molecule has 0 bridgehead atoms. The Bertz CT molecular complexity index is 1260. The molecular weight excluding hydrogens is 418 g/mol. The molecule has 0 spiro atoms. The zero-order valence-electron chi connectivity index (χ0n) is 17.4. The van der Waals surface area contributed by atoms with Crippen LogP contribution in [0.1, 0.15) is 25.3 Å². The number of esters is 1. The summed E-state index contributed by atoms with van der Waals surface area (Å²) in [6.45, 7) is 2.26. The molecule has 1 aliphatic heterocycles. The fourth-order valence-corrected chi connectivity index (χ4v) is 3.85. The predicted octanol–water partition coefficient (Wildman–Crippen LogP) is 2.80. The van der Waals surface area contributed by atoms with Gasteiger partial charge in [0.2, 0.25) is 0 Å². The second-order valence-electron chi connectivity index (χ2n) is 7.53. The van der Waals surface area contributed by atoms with Crippen LogP contribution in [0.2, 0.25) is 0 Å². The summed E-state index contributed by atoms with van der Waals surface area (Å²) in [4.78, 5) is 48.9. The average molecular weight is 439 g/mol. The molecule has 2 aromatic carbocycles. The number of rotatable bonds is 7. The number of hydrogen-bond donors (Lipinski definition) is 0. The van der Waals surface area contributed by atoms with E-state index in [1.807, 2.05) is 24.3 Å². The van der Waals surface area contributed by atoms with E-state index in [4.69, 9.17) is 9.15 Å². The summed E-state index contributed by atoms with van der Waals surface area (Å²) in [6, 6.07) is 11.5. The lowest BCUT2D eigenvalue weighted by Crippen LogP contribution is -2.39. The first-order valence-electron chi connectivity index (χ1n) is 10.2. The Labute approximate surface area is 182 Å². The number of carbonyl (C=O) groups is 2. The molecule has 32 heavy (non-hydrogen) atoms. The molecular formula is C22H21N3O7. The molecule has 2 heterocycles. The average Bonchev–Trinajstić information content (AvgIpc) is 3.33. The van der Waals surface area contributed by atoms with E-state index >= 15 is 0 Å². The van der Waals surface area contributed by atoms with Gasteiger partial charge in [-0.25, -0.2) is 4.79 Å². The summed E-state index contributed by atoms with van der Waals surface area (Å²) >= 11 is 0. The summed E-state index contributed by atoms with van der Waals surface area (Å²) in [5.74, 6) is -1.48. The number of fused-ring (bicyclic) bond motifs is 2. The summed E-state index contributed by atoms with van der Waals surface area (Å²) < 4.78 is 11.7. The number of nitro benzene ring substituents is 1. The minimum atomic E-state index is -0.924. The zero-order chi connectivity index (χ0) is 22.8. The van der Waals surface area contributed by atoms with Crippen molar-refractivity contribution in [1.82, 2.24) is 4.57 Å². The summed E-state index contributed by atoms with van der Waals surface area (Å²) in [5.41, 5.74) is 2.26. The Morgan fingerprint density at radius 3 is 2.81 bits per heavy atom. The predicted molar refractivity (Wildman–Crippen MR) is 114 cm³/mol. The maximum atomic E-state index is 12.7. The van der Waals surface area contributed by atoms with Crippen LogP contribution >= 0.6 is 0 Å². The van der Waals surface area contributed by atoms with Crippen LogP contribution in [0.5, 0.6) is 0 Å². The van der Waals surface area contributed by atoms with Gasteiger partial charge in [0.25, 0.3) is 11.6 Å². The van der Waals surface area contributed by atoms with Gasteiger partial charge in [0, 0.05) is 31.3 Å². The van der Waals surface area contributed by atoms with Gasteiger partial charge in [-0.3, -0.25) is 24.3 Å². The van der Waals surface area contributed by atoms with Gasteiger partial charge in [-0.15, -0.1) is 0 Å². The summed E-state index contributed by atoms with van der Waals surface area (Å²) in [6.07, 6.45) is 0.115. The molecule has 166 valence electrons. The first kappa shape index (κ1) is 21.3. The fourth-order valence-electron chi connectivity index (χ4n) is 3.85. The number of oxazole rings is 1. The molecule has 0 saturated carbocycles. The lowest BCUT2D eigenvalue weighted by atomic mass is 10.2. The van der Waals surface area contributed by atoms with Gasteiger partial charge >= 0.3 is 11.7 Å². The van der Waals surface area contributed by atoms with Crippen LogP contribution in [0.15, 0.2) is 51.7 Å². The van der Waals surface area contributed by atoms with Crippen LogP contribution in [0.4, 0.5) is 11.4 Å².